The minimum Gasteiger partial charge on any atom is -0.480 e. The van der Waals surface area contributed by atoms with Gasteiger partial charge in [0.25, 0.3) is 0 Å². The predicted octanol–water partition coefficient (Wildman–Crippen LogP) is 0.243. The summed E-state index contributed by atoms with van der Waals surface area (Å²) in [6.07, 6.45) is 1.80. The number of carboxylic acids is 1. The highest BCUT2D eigenvalue weighted by Crippen LogP contribution is 2.12. The predicted molar refractivity (Wildman–Crippen MR) is 43.1 cm³/mol. The molecule has 0 spiro atoms. The van der Waals surface area contributed by atoms with Crippen molar-refractivity contribution in [1.29, 1.82) is 0 Å². The Kier molecular flexibility index (Phi) is 3.49. The first-order chi connectivity index (χ1) is 5.68. The number of hydrogen-bond donors (Lipinski definition) is 1. The maximum atomic E-state index is 10.2. The summed E-state index contributed by atoms with van der Waals surface area (Å²) in [5.41, 5.74) is 0. The second-order valence-corrected chi connectivity index (χ2v) is 3.11. The first-order valence-electron chi connectivity index (χ1n) is 4.18. The van der Waals surface area contributed by atoms with E-state index in [0.29, 0.717) is 6.04 Å². The molecule has 0 aromatic rings. The van der Waals surface area contributed by atoms with Crippen LogP contribution in [0, 0.1) is 0 Å². The van der Waals surface area contributed by atoms with Crippen molar-refractivity contribution < 1.29 is 14.6 Å². The fourth-order valence-corrected chi connectivity index (χ4v) is 1.35. The topological polar surface area (TPSA) is 60.6 Å². The molecular formula is C8H14NO3. The van der Waals surface area contributed by atoms with Crippen LogP contribution in [0.3, 0.4) is 0 Å². The molecule has 1 heterocycles. The minimum absolute atomic E-state index is 0.0913. The zero-order valence-electron chi connectivity index (χ0n) is 7.19. The molecule has 0 saturated carbocycles. The Labute approximate surface area is 71.9 Å². The summed E-state index contributed by atoms with van der Waals surface area (Å²) >= 11 is 0. The summed E-state index contributed by atoms with van der Waals surface area (Å²) in [6, 6.07) is 0.317. The van der Waals surface area contributed by atoms with Gasteiger partial charge in [-0.3, -0.25) is 0 Å². The van der Waals surface area contributed by atoms with Crippen LogP contribution in [0.25, 0.3) is 0 Å². The molecule has 12 heavy (non-hydrogen) atoms. The van der Waals surface area contributed by atoms with Crippen LogP contribution in [0.5, 0.6) is 0 Å². The van der Waals surface area contributed by atoms with Gasteiger partial charge in [0.1, 0.15) is 6.61 Å². The molecule has 0 aromatic heterocycles. The fraction of sp³-hybridized carbons (Fsp3) is 0.875. The summed E-state index contributed by atoms with van der Waals surface area (Å²) in [4.78, 5) is 10.2. The van der Waals surface area contributed by atoms with E-state index >= 15 is 0 Å². The van der Waals surface area contributed by atoms with Crippen molar-refractivity contribution in [2.45, 2.75) is 31.9 Å². The van der Waals surface area contributed by atoms with Crippen molar-refractivity contribution in [1.82, 2.24) is 5.32 Å². The maximum absolute atomic E-state index is 10.2. The lowest BCUT2D eigenvalue weighted by Crippen LogP contribution is -2.35. The van der Waals surface area contributed by atoms with E-state index in [1.165, 1.54) is 0 Å². The van der Waals surface area contributed by atoms with Crippen LogP contribution in [-0.2, 0) is 9.53 Å². The first-order valence-corrected chi connectivity index (χ1v) is 4.18. The Morgan fingerprint density at radius 3 is 3.08 bits per heavy atom. The van der Waals surface area contributed by atoms with Crippen molar-refractivity contribution in [2.75, 3.05) is 13.2 Å². The van der Waals surface area contributed by atoms with Gasteiger partial charge in [0.05, 0.1) is 6.10 Å². The van der Waals surface area contributed by atoms with Crippen molar-refractivity contribution in [3.63, 3.8) is 0 Å². The molecule has 69 valence electrons. The summed E-state index contributed by atoms with van der Waals surface area (Å²) in [5.74, 6) is -0.898. The molecule has 1 radical (unpaired) electrons. The fourth-order valence-electron chi connectivity index (χ4n) is 1.35. The Hall–Kier alpha value is -0.610. The van der Waals surface area contributed by atoms with E-state index in [4.69, 9.17) is 9.84 Å². The summed E-state index contributed by atoms with van der Waals surface area (Å²) in [5, 5.41) is 12.6. The van der Waals surface area contributed by atoms with Gasteiger partial charge in [-0.1, -0.05) is 0 Å². The molecule has 1 aliphatic heterocycles. The minimum atomic E-state index is -0.898. The van der Waals surface area contributed by atoms with Gasteiger partial charge in [0, 0.05) is 12.6 Å². The van der Waals surface area contributed by atoms with E-state index in [-0.39, 0.29) is 12.7 Å². The second-order valence-electron chi connectivity index (χ2n) is 3.11. The van der Waals surface area contributed by atoms with E-state index in [1.54, 1.807) is 0 Å². The number of carboxylic acid groups (broad SMARTS) is 1. The zero-order chi connectivity index (χ0) is 8.97. The maximum Gasteiger partial charge on any atom is 0.329 e. The van der Waals surface area contributed by atoms with Crippen LogP contribution in [0.1, 0.15) is 19.8 Å². The highest BCUT2D eigenvalue weighted by Gasteiger charge is 2.20. The highest BCUT2D eigenvalue weighted by molar-refractivity contribution is 5.68. The summed E-state index contributed by atoms with van der Waals surface area (Å²) in [6.45, 7) is 2.64. The van der Waals surface area contributed by atoms with Crippen LogP contribution >= 0.6 is 0 Å². The molecule has 4 nitrogen and oxygen atoms in total. The molecule has 1 rings (SSSR count). The van der Waals surface area contributed by atoms with Crippen LogP contribution in [0.4, 0.5) is 0 Å². The van der Waals surface area contributed by atoms with E-state index in [1.807, 2.05) is 6.92 Å². The molecule has 1 N–H and O–H groups in total. The van der Waals surface area contributed by atoms with Crippen molar-refractivity contribution in [3.05, 3.63) is 0 Å². The molecule has 0 bridgehead atoms. The van der Waals surface area contributed by atoms with Gasteiger partial charge < -0.3 is 9.84 Å². The van der Waals surface area contributed by atoms with Crippen LogP contribution < -0.4 is 5.32 Å². The van der Waals surface area contributed by atoms with Crippen molar-refractivity contribution >= 4 is 5.97 Å². The lowest BCUT2D eigenvalue weighted by molar-refractivity contribution is -0.145. The van der Waals surface area contributed by atoms with Crippen molar-refractivity contribution in [3.8, 4) is 0 Å². The Morgan fingerprint density at radius 1 is 1.75 bits per heavy atom. The number of carbonyl (C=O) groups is 1. The highest BCUT2D eigenvalue weighted by atomic mass is 16.5. The lowest BCUT2D eigenvalue weighted by atomic mass is 10.0. The quantitative estimate of drug-likeness (QED) is 0.663. The number of hydrogen-bond acceptors (Lipinski definition) is 2. The number of piperidine rings is 1. The van der Waals surface area contributed by atoms with Gasteiger partial charge >= 0.3 is 5.97 Å². The Bertz CT molecular complexity index is 160. The van der Waals surface area contributed by atoms with Crippen LogP contribution in [0.15, 0.2) is 0 Å². The number of nitrogens with zero attached hydrogens (tertiary/aromatic N) is 1. The molecule has 2 atom stereocenters. The van der Waals surface area contributed by atoms with Gasteiger partial charge in [-0.25, -0.2) is 10.1 Å². The van der Waals surface area contributed by atoms with Gasteiger partial charge in [-0.15, -0.1) is 0 Å². The Morgan fingerprint density at radius 2 is 2.50 bits per heavy atom. The Balaban J connectivity index is 2.18. The molecule has 1 saturated heterocycles. The monoisotopic (exact) mass is 172 g/mol. The average molecular weight is 172 g/mol. The van der Waals surface area contributed by atoms with Gasteiger partial charge in [-0.2, -0.15) is 0 Å². The molecule has 2 unspecified atom stereocenters. The van der Waals surface area contributed by atoms with E-state index < -0.39 is 5.97 Å². The number of aliphatic carboxylic acids is 1. The molecular weight excluding hydrogens is 158 g/mol. The smallest absolute Gasteiger partial charge is 0.329 e. The molecule has 1 aliphatic rings. The average Bonchev–Trinajstić information content (AvgIpc) is 2.01. The van der Waals surface area contributed by atoms with E-state index in [2.05, 4.69) is 5.32 Å². The van der Waals surface area contributed by atoms with E-state index in [9.17, 15) is 4.79 Å². The SMILES string of the molecule is CC1CC(OCC(=O)O)CC[N]1. The molecule has 0 aromatic carbocycles. The third-order valence-electron chi connectivity index (χ3n) is 1.94. The summed E-state index contributed by atoms with van der Waals surface area (Å²) in [7, 11) is 0. The first kappa shape index (κ1) is 9.48. The van der Waals surface area contributed by atoms with E-state index in [0.717, 1.165) is 19.4 Å². The standard InChI is InChI=1S/C8H14NO3/c1-6-4-7(2-3-9-6)12-5-8(10)11/h6-7H,2-5H2,1H3,(H,10,11). The lowest BCUT2D eigenvalue weighted by Gasteiger charge is -2.25. The number of rotatable bonds is 3. The molecule has 0 amide bonds. The second kappa shape index (κ2) is 4.42. The normalized spacial score (nSPS) is 30.1. The van der Waals surface area contributed by atoms with Gasteiger partial charge in [0.2, 0.25) is 0 Å². The van der Waals surface area contributed by atoms with Gasteiger partial charge in [0.15, 0.2) is 0 Å². The molecule has 1 fully saturated rings. The number of ether oxygens (including phenoxy) is 1. The van der Waals surface area contributed by atoms with Crippen LogP contribution in [-0.4, -0.2) is 36.4 Å². The third kappa shape index (κ3) is 3.19. The largest absolute Gasteiger partial charge is 0.480 e. The molecule has 4 heteroatoms. The van der Waals surface area contributed by atoms with Crippen molar-refractivity contribution in [2.24, 2.45) is 0 Å². The van der Waals surface area contributed by atoms with Crippen LogP contribution in [0.2, 0.25) is 0 Å². The van der Waals surface area contributed by atoms with Gasteiger partial charge in [-0.05, 0) is 19.8 Å². The summed E-state index contributed by atoms with van der Waals surface area (Å²) < 4.78 is 5.16. The third-order valence-corrected chi connectivity index (χ3v) is 1.94. The zero-order valence-corrected chi connectivity index (χ0v) is 7.19. The molecule has 0 aliphatic carbocycles.